The van der Waals surface area contributed by atoms with Crippen molar-refractivity contribution in [1.82, 2.24) is 9.13 Å². The number of benzene rings is 7. The Hall–Kier alpha value is -6.64. The molecule has 9 aromatic rings. The molecule has 2 atom stereocenters. The Morgan fingerprint density at radius 3 is 1.48 bits per heavy atom. The first-order valence-electron chi connectivity index (χ1n) is 19.2. The van der Waals surface area contributed by atoms with Crippen LogP contribution in [0, 0.1) is 23.7 Å². The highest BCUT2D eigenvalue weighted by Gasteiger charge is 2.48. The molecule has 0 amide bonds. The summed E-state index contributed by atoms with van der Waals surface area (Å²) in [6.07, 6.45) is 12.3. The number of para-hydroxylation sites is 3. The fraction of sp³-hybridized carbons (Fsp3) is 0.0769. The van der Waals surface area contributed by atoms with E-state index in [-0.39, 0.29) is 0 Å². The molecule has 0 aliphatic heterocycles. The van der Waals surface area contributed by atoms with Crippen LogP contribution in [0.3, 0.4) is 0 Å². The maximum atomic E-state index is 2.56. The second-order valence-corrected chi connectivity index (χ2v) is 15.3. The fourth-order valence-corrected chi connectivity index (χ4v) is 9.64. The van der Waals surface area contributed by atoms with E-state index < -0.39 is 0 Å². The van der Waals surface area contributed by atoms with E-state index in [1.54, 1.807) is 0 Å². The standard InChI is InChI=1S/C52H36N2/c1-2-13-39(14-3-1)53-49-18-6-4-16-43(49)47-30-36(22-26-51(47)53)37-23-27-52-48(31-37)44-17-5-7-19-50(44)54(52)40-15-9-11-35(29-40)34-10-8-12-38(28-34)45-32-46-41-24-20-33(45)21-25-42(41)46/h1-33,41-42,46H. The molecule has 2 nitrogen and oxygen atoms in total. The molecule has 54 heavy (non-hydrogen) atoms. The van der Waals surface area contributed by atoms with Gasteiger partial charge in [-0.25, -0.2) is 0 Å². The van der Waals surface area contributed by atoms with Crippen molar-refractivity contribution in [3.8, 4) is 33.6 Å². The zero-order valence-corrected chi connectivity index (χ0v) is 29.7. The Morgan fingerprint density at radius 1 is 0.315 bits per heavy atom. The Labute approximate surface area is 314 Å². The summed E-state index contributed by atoms with van der Waals surface area (Å²) in [5.74, 6) is 2.42. The highest BCUT2D eigenvalue weighted by atomic mass is 15.0. The number of fused-ring (bicyclic) bond motifs is 6. The Bertz CT molecular complexity index is 3060. The van der Waals surface area contributed by atoms with Crippen LogP contribution >= 0.6 is 0 Å². The third-order valence-corrected chi connectivity index (χ3v) is 12.3. The largest absolute Gasteiger partial charge is 0.309 e. The van der Waals surface area contributed by atoms with E-state index >= 15 is 0 Å². The van der Waals surface area contributed by atoms with Crippen molar-refractivity contribution in [2.45, 2.75) is 0 Å². The van der Waals surface area contributed by atoms with Gasteiger partial charge in [-0.15, -0.1) is 0 Å². The summed E-state index contributed by atoms with van der Waals surface area (Å²) < 4.78 is 4.82. The summed E-state index contributed by atoms with van der Waals surface area (Å²) in [6.45, 7) is 0. The average molecular weight is 689 g/mol. The van der Waals surface area contributed by atoms with Gasteiger partial charge < -0.3 is 9.13 Å². The minimum absolute atomic E-state index is 0.366. The van der Waals surface area contributed by atoms with Crippen LogP contribution < -0.4 is 0 Å². The molecule has 4 bridgehead atoms. The van der Waals surface area contributed by atoms with E-state index in [1.165, 1.54) is 88.4 Å². The summed E-state index contributed by atoms with van der Waals surface area (Å²) >= 11 is 0. The summed E-state index contributed by atoms with van der Waals surface area (Å²) in [7, 11) is 0. The molecule has 2 unspecified atom stereocenters. The lowest BCUT2D eigenvalue weighted by atomic mass is 9.90. The van der Waals surface area contributed by atoms with Gasteiger partial charge in [0.2, 0.25) is 0 Å². The van der Waals surface area contributed by atoms with E-state index in [1.807, 2.05) is 0 Å². The van der Waals surface area contributed by atoms with Gasteiger partial charge in [0.25, 0.3) is 0 Å². The van der Waals surface area contributed by atoms with Crippen LogP contribution in [0.25, 0.3) is 82.8 Å². The fourth-order valence-electron chi connectivity index (χ4n) is 9.64. The number of rotatable bonds is 5. The second-order valence-electron chi connectivity index (χ2n) is 15.3. The lowest BCUT2D eigenvalue weighted by Crippen LogP contribution is -1.97. The predicted molar refractivity (Wildman–Crippen MR) is 226 cm³/mol. The number of hydrogen-bond acceptors (Lipinski definition) is 0. The molecule has 1 fully saturated rings. The molecule has 0 spiro atoms. The maximum Gasteiger partial charge on any atom is 0.0541 e. The minimum atomic E-state index is 0.366. The van der Waals surface area contributed by atoms with Crippen LogP contribution in [0.1, 0.15) is 5.56 Å². The van der Waals surface area contributed by atoms with Crippen molar-refractivity contribution < 1.29 is 0 Å². The Morgan fingerprint density at radius 2 is 0.815 bits per heavy atom. The van der Waals surface area contributed by atoms with E-state index in [4.69, 9.17) is 0 Å². The number of aromatic nitrogens is 2. The number of hydrogen-bond donors (Lipinski definition) is 0. The maximum absolute atomic E-state index is 2.56. The molecule has 0 saturated heterocycles. The summed E-state index contributed by atoms with van der Waals surface area (Å²) in [5, 5.41) is 5.06. The highest BCUT2D eigenvalue weighted by Crippen LogP contribution is 2.55. The lowest BCUT2D eigenvalue weighted by molar-refractivity contribution is 1.00. The zero-order chi connectivity index (χ0) is 35.3. The quantitative estimate of drug-likeness (QED) is 0.159. The molecule has 1 saturated carbocycles. The van der Waals surface area contributed by atoms with Crippen LogP contribution in [0.15, 0.2) is 194 Å². The third kappa shape index (κ3) is 4.47. The summed E-state index contributed by atoms with van der Waals surface area (Å²) in [6, 6.07) is 60.5. The molecule has 0 radical (unpaired) electrons. The molecule has 4 aliphatic carbocycles. The number of nitrogens with zero attached hydrogens (tertiary/aromatic N) is 2. The summed E-state index contributed by atoms with van der Waals surface area (Å²) in [5.41, 5.74) is 14.9. The van der Waals surface area contributed by atoms with Gasteiger partial charge >= 0.3 is 0 Å². The van der Waals surface area contributed by atoms with E-state index in [0.717, 1.165) is 0 Å². The van der Waals surface area contributed by atoms with Crippen LogP contribution in [0.2, 0.25) is 0 Å². The zero-order valence-electron chi connectivity index (χ0n) is 29.7. The third-order valence-electron chi connectivity index (χ3n) is 12.3. The predicted octanol–water partition coefficient (Wildman–Crippen LogP) is 13.2. The first-order valence-corrected chi connectivity index (χ1v) is 19.2. The summed E-state index contributed by atoms with van der Waals surface area (Å²) in [4.78, 5) is 0. The molecule has 2 aromatic heterocycles. The van der Waals surface area contributed by atoms with Gasteiger partial charge in [-0.2, -0.15) is 0 Å². The van der Waals surface area contributed by atoms with Gasteiger partial charge in [-0.1, -0.05) is 127 Å². The van der Waals surface area contributed by atoms with Crippen molar-refractivity contribution in [3.63, 3.8) is 0 Å². The molecule has 4 aliphatic rings. The highest BCUT2D eigenvalue weighted by molar-refractivity contribution is 6.12. The van der Waals surface area contributed by atoms with Crippen LogP contribution in [0.5, 0.6) is 0 Å². The first-order chi connectivity index (χ1) is 26.8. The molecule has 2 heterocycles. The molecule has 2 heteroatoms. The SMILES string of the molecule is C1=CC2C3C=CC1C(c1cccc(-c4cccc(-n5c6ccccc6c6cc(-c7ccc8c(c7)c7ccccc7n8-c7ccccc7)ccc65)c4)c1)=CC23. The van der Waals surface area contributed by atoms with Gasteiger partial charge in [0, 0.05) is 38.8 Å². The van der Waals surface area contributed by atoms with Gasteiger partial charge in [-0.3, -0.25) is 0 Å². The van der Waals surface area contributed by atoms with Gasteiger partial charge in [0.1, 0.15) is 0 Å². The number of allylic oxidation sites excluding steroid dienone is 6. The topological polar surface area (TPSA) is 9.86 Å². The van der Waals surface area contributed by atoms with Gasteiger partial charge in [0.15, 0.2) is 0 Å². The molecule has 7 aromatic carbocycles. The molecule has 13 rings (SSSR count). The van der Waals surface area contributed by atoms with E-state index in [9.17, 15) is 0 Å². The lowest BCUT2D eigenvalue weighted by Gasteiger charge is -2.15. The monoisotopic (exact) mass is 688 g/mol. The molecular formula is C52H36N2. The molecular weight excluding hydrogens is 653 g/mol. The van der Waals surface area contributed by atoms with Crippen molar-refractivity contribution in [3.05, 3.63) is 200 Å². The van der Waals surface area contributed by atoms with E-state index in [0.29, 0.717) is 23.7 Å². The van der Waals surface area contributed by atoms with E-state index in [2.05, 4.69) is 203 Å². The Balaban J connectivity index is 0.961. The van der Waals surface area contributed by atoms with Crippen molar-refractivity contribution in [1.29, 1.82) is 0 Å². The first kappa shape index (κ1) is 29.9. The van der Waals surface area contributed by atoms with Gasteiger partial charge in [-0.05, 0) is 118 Å². The molecule has 0 N–H and O–H groups in total. The molecule has 254 valence electrons. The Kier molecular flexibility index (Phi) is 6.32. The average Bonchev–Trinajstić information content (AvgIpc) is 3.85. The van der Waals surface area contributed by atoms with Crippen LogP contribution in [-0.4, -0.2) is 9.13 Å². The minimum Gasteiger partial charge on any atom is -0.309 e. The van der Waals surface area contributed by atoms with Crippen molar-refractivity contribution in [2.75, 3.05) is 0 Å². The van der Waals surface area contributed by atoms with Crippen molar-refractivity contribution in [2.24, 2.45) is 23.7 Å². The smallest absolute Gasteiger partial charge is 0.0541 e. The normalized spacial score (nSPS) is 19.8. The van der Waals surface area contributed by atoms with Gasteiger partial charge in [0.05, 0.1) is 22.1 Å². The van der Waals surface area contributed by atoms with Crippen molar-refractivity contribution >= 4 is 49.2 Å². The van der Waals surface area contributed by atoms with Crippen LogP contribution in [0.4, 0.5) is 0 Å². The second kappa shape index (κ2) is 11.4. The van der Waals surface area contributed by atoms with Crippen LogP contribution in [-0.2, 0) is 0 Å².